The zero-order valence-corrected chi connectivity index (χ0v) is 5.84. The van der Waals surface area contributed by atoms with Gasteiger partial charge in [-0.15, -0.1) is 6.54 Å². The molecule has 0 aromatic heterocycles. The molecule has 1 aromatic carbocycles. The van der Waals surface area contributed by atoms with E-state index in [2.05, 4.69) is 0 Å². The Labute approximate surface area is 65.7 Å². The van der Waals surface area contributed by atoms with Crippen molar-refractivity contribution >= 4 is 0 Å². The number of benzene rings is 1. The van der Waals surface area contributed by atoms with Gasteiger partial charge in [0.1, 0.15) is 0 Å². The van der Waals surface area contributed by atoms with Crippen LogP contribution in [0.2, 0.25) is 0 Å². The summed E-state index contributed by atoms with van der Waals surface area (Å²) in [6, 6.07) is 9.76. The van der Waals surface area contributed by atoms with Crippen LogP contribution in [0.15, 0.2) is 30.3 Å². The molecule has 0 unspecified atom stereocenters. The van der Waals surface area contributed by atoms with Crippen molar-refractivity contribution in [2.45, 2.75) is 6.54 Å². The Morgan fingerprint density at radius 2 is 1.67 bits per heavy atom. The predicted molar refractivity (Wildman–Crippen MR) is 34.5 cm³/mol. The average molecular weight is 170 g/mol. The molecule has 0 heterocycles. The van der Waals surface area contributed by atoms with Crippen LogP contribution in [-0.2, 0) is 23.6 Å². The average Bonchev–Trinajstić information content (AvgIpc) is 1.90. The van der Waals surface area contributed by atoms with E-state index in [0.717, 1.165) is 5.56 Å². The molecular weight excluding hydrogens is 162 g/mol. The number of hydrogen-bond donors (Lipinski definition) is 0. The van der Waals surface area contributed by atoms with Gasteiger partial charge in [0.2, 0.25) is 0 Å². The van der Waals surface area contributed by atoms with Gasteiger partial charge < -0.3 is 5.73 Å². The second kappa shape index (κ2) is 4.57. The molecule has 0 aliphatic heterocycles. The molecule has 52 valence electrons. The zero-order chi connectivity index (χ0) is 5.82. The molecule has 1 aromatic rings. The van der Waals surface area contributed by atoms with E-state index in [-0.39, 0.29) is 17.1 Å². The van der Waals surface area contributed by atoms with Crippen molar-refractivity contribution in [2.24, 2.45) is 0 Å². The largest absolute Gasteiger partial charge is 1.00 e. The van der Waals surface area contributed by atoms with Gasteiger partial charge in [-0.25, -0.2) is 0 Å². The fraction of sp³-hybridized carbons (Fsp3) is 0.143. The van der Waals surface area contributed by atoms with Gasteiger partial charge in [0.25, 0.3) is 0 Å². The molecule has 1 N–H and O–H groups in total. The van der Waals surface area contributed by atoms with Gasteiger partial charge >= 0.3 is 17.1 Å². The molecular formula is C7H8CuN. The van der Waals surface area contributed by atoms with E-state index in [4.69, 9.17) is 5.73 Å². The molecule has 1 nitrogen and oxygen atoms in total. The van der Waals surface area contributed by atoms with E-state index in [1.807, 2.05) is 30.3 Å². The van der Waals surface area contributed by atoms with Crippen molar-refractivity contribution in [1.82, 2.24) is 0 Å². The van der Waals surface area contributed by atoms with Gasteiger partial charge in [-0.2, -0.15) is 0 Å². The van der Waals surface area contributed by atoms with E-state index in [0.29, 0.717) is 6.54 Å². The SMILES string of the molecule is [Cu+].[NH-]Cc1ccccc1. The Balaban J connectivity index is 0.000000640. The van der Waals surface area contributed by atoms with Crippen molar-refractivity contribution in [3.63, 3.8) is 0 Å². The monoisotopic (exact) mass is 169 g/mol. The normalized spacial score (nSPS) is 8.11. The third-order valence-corrected chi connectivity index (χ3v) is 1.05. The second-order valence-corrected chi connectivity index (χ2v) is 1.66. The van der Waals surface area contributed by atoms with Crippen LogP contribution >= 0.6 is 0 Å². The zero-order valence-electron chi connectivity index (χ0n) is 4.90. The number of rotatable bonds is 1. The van der Waals surface area contributed by atoms with Crippen molar-refractivity contribution in [1.29, 1.82) is 0 Å². The molecule has 0 atom stereocenters. The van der Waals surface area contributed by atoms with Gasteiger partial charge in [-0.3, -0.25) is 0 Å². The van der Waals surface area contributed by atoms with Crippen LogP contribution in [0.1, 0.15) is 5.56 Å². The fourth-order valence-corrected chi connectivity index (χ4v) is 0.596. The summed E-state index contributed by atoms with van der Waals surface area (Å²) >= 11 is 0. The predicted octanol–water partition coefficient (Wildman–Crippen LogP) is 2.24. The van der Waals surface area contributed by atoms with Crippen LogP contribution in [0.3, 0.4) is 0 Å². The summed E-state index contributed by atoms with van der Waals surface area (Å²) in [5.74, 6) is 0. The molecule has 0 spiro atoms. The molecule has 9 heavy (non-hydrogen) atoms. The van der Waals surface area contributed by atoms with E-state index < -0.39 is 0 Å². The van der Waals surface area contributed by atoms with Gasteiger partial charge in [-0.1, -0.05) is 35.9 Å². The van der Waals surface area contributed by atoms with Gasteiger partial charge in [-0.05, 0) is 0 Å². The molecule has 0 aliphatic rings. The fourth-order valence-electron chi connectivity index (χ4n) is 0.596. The Morgan fingerprint density at radius 1 is 1.11 bits per heavy atom. The van der Waals surface area contributed by atoms with E-state index in [1.165, 1.54) is 0 Å². The molecule has 0 fully saturated rings. The Hall–Kier alpha value is -0.301. The molecule has 0 radical (unpaired) electrons. The van der Waals surface area contributed by atoms with Crippen molar-refractivity contribution in [2.75, 3.05) is 0 Å². The minimum Gasteiger partial charge on any atom is -0.674 e. The van der Waals surface area contributed by atoms with Crippen LogP contribution in [0, 0.1) is 0 Å². The molecule has 0 aliphatic carbocycles. The summed E-state index contributed by atoms with van der Waals surface area (Å²) in [4.78, 5) is 0. The van der Waals surface area contributed by atoms with Crippen molar-refractivity contribution in [3.05, 3.63) is 41.6 Å². The van der Waals surface area contributed by atoms with Crippen LogP contribution in [0.4, 0.5) is 0 Å². The van der Waals surface area contributed by atoms with E-state index in [1.54, 1.807) is 0 Å². The standard InChI is InChI=1S/C7H8N.Cu/c8-6-7-4-2-1-3-5-7;/h1-5,8H,6H2;/q-1;+1. The number of hydrogen-bond acceptors (Lipinski definition) is 0. The van der Waals surface area contributed by atoms with Gasteiger partial charge in [0.15, 0.2) is 0 Å². The van der Waals surface area contributed by atoms with Crippen LogP contribution in [-0.4, -0.2) is 0 Å². The van der Waals surface area contributed by atoms with Gasteiger partial charge in [0.05, 0.1) is 0 Å². The molecule has 0 bridgehead atoms. The Morgan fingerprint density at radius 3 is 2.00 bits per heavy atom. The number of nitrogens with one attached hydrogen (secondary N) is 1. The molecule has 2 heteroatoms. The maximum absolute atomic E-state index is 6.94. The van der Waals surface area contributed by atoms with Crippen molar-refractivity contribution in [3.8, 4) is 0 Å². The second-order valence-electron chi connectivity index (χ2n) is 1.66. The van der Waals surface area contributed by atoms with Crippen LogP contribution in [0.5, 0.6) is 0 Å². The van der Waals surface area contributed by atoms with Gasteiger partial charge in [0, 0.05) is 0 Å². The summed E-state index contributed by atoms with van der Waals surface area (Å²) in [6.07, 6.45) is 0. The van der Waals surface area contributed by atoms with Crippen LogP contribution < -0.4 is 0 Å². The van der Waals surface area contributed by atoms with E-state index in [9.17, 15) is 0 Å². The quantitative estimate of drug-likeness (QED) is 0.576. The first-order valence-corrected chi connectivity index (χ1v) is 2.62. The minimum absolute atomic E-state index is 0. The smallest absolute Gasteiger partial charge is 0.674 e. The molecule has 0 saturated heterocycles. The summed E-state index contributed by atoms with van der Waals surface area (Å²) in [5, 5.41) is 0. The summed E-state index contributed by atoms with van der Waals surface area (Å²) in [5.41, 5.74) is 8.02. The summed E-state index contributed by atoms with van der Waals surface area (Å²) in [7, 11) is 0. The first-order valence-electron chi connectivity index (χ1n) is 2.62. The topological polar surface area (TPSA) is 23.8 Å². The summed E-state index contributed by atoms with van der Waals surface area (Å²) < 4.78 is 0. The van der Waals surface area contributed by atoms with Crippen molar-refractivity contribution < 1.29 is 17.1 Å². The summed E-state index contributed by atoms with van der Waals surface area (Å²) in [6.45, 7) is 0.390. The minimum atomic E-state index is 0. The molecule has 1 rings (SSSR count). The Kier molecular flexibility index (Phi) is 4.41. The third-order valence-electron chi connectivity index (χ3n) is 1.05. The molecule has 0 saturated carbocycles. The first-order chi connectivity index (χ1) is 3.93. The van der Waals surface area contributed by atoms with E-state index >= 15 is 0 Å². The maximum Gasteiger partial charge on any atom is 1.00 e. The van der Waals surface area contributed by atoms with Crippen LogP contribution in [0.25, 0.3) is 5.73 Å². The maximum atomic E-state index is 6.94. The Bertz CT molecular complexity index is 150. The third kappa shape index (κ3) is 2.66. The first kappa shape index (κ1) is 8.70. The molecule has 0 amide bonds.